The molecule has 130 valence electrons. The fourth-order valence-electron chi connectivity index (χ4n) is 2.53. The molecule has 0 amide bonds. The van der Waals surface area contributed by atoms with Crippen LogP contribution in [0, 0.1) is 0 Å². The third-order valence-corrected chi connectivity index (χ3v) is 3.80. The standard InChI is InChI=1S/C21H18N2O3/c1-26-15-23-20(25)14-18(21(22-23)17-10-6-3-7-11-17)12-13-19(24)16-8-4-2-5-9-16/h2-14H,15H2,1H3/b13-12-. The second-order valence-corrected chi connectivity index (χ2v) is 5.63. The van der Waals surface area contributed by atoms with Crippen molar-refractivity contribution in [2.24, 2.45) is 0 Å². The molecular weight excluding hydrogens is 328 g/mol. The van der Waals surface area contributed by atoms with E-state index < -0.39 is 0 Å². The maximum absolute atomic E-state index is 12.3. The van der Waals surface area contributed by atoms with Gasteiger partial charge in [0, 0.05) is 29.9 Å². The lowest BCUT2D eigenvalue weighted by atomic mass is 10.0. The first-order valence-corrected chi connectivity index (χ1v) is 8.13. The molecule has 3 rings (SSSR count). The Balaban J connectivity index is 2.03. The van der Waals surface area contributed by atoms with Gasteiger partial charge in [-0.2, -0.15) is 5.10 Å². The van der Waals surface area contributed by atoms with E-state index in [9.17, 15) is 9.59 Å². The van der Waals surface area contributed by atoms with Crippen molar-refractivity contribution in [1.82, 2.24) is 9.78 Å². The second-order valence-electron chi connectivity index (χ2n) is 5.63. The molecule has 1 aromatic heterocycles. The Hall–Kier alpha value is -3.31. The Kier molecular flexibility index (Phi) is 5.51. The molecule has 0 aliphatic carbocycles. The van der Waals surface area contributed by atoms with Crippen molar-refractivity contribution in [2.75, 3.05) is 7.11 Å². The molecule has 0 saturated heterocycles. The smallest absolute Gasteiger partial charge is 0.269 e. The van der Waals surface area contributed by atoms with Crippen LogP contribution in [0.15, 0.2) is 77.6 Å². The largest absolute Gasteiger partial charge is 0.362 e. The number of methoxy groups -OCH3 is 1. The summed E-state index contributed by atoms with van der Waals surface area (Å²) in [5, 5.41) is 4.40. The predicted octanol–water partition coefficient (Wildman–Crippen LogP) is 3.41. The van der Waals surface area contributed by atoms with Crippen molar-refractivity contribution in [3.63, 3.8) is 0 Å². The number of hydrogen-bond acceptors (Lipinski definition) is 4. The molecule has 0 spiro atoms. The van der Waals surface area contributed by atoms with Crippen molar-refractivity contribution < 1.29 is 9.53 Å². The second kappa shape index (κ2) is 8.18. The van der Waals surface area contributed by atoms with Crippen LogP contribution in [0.2, 0.25) is 0 Å². The van der Waals surface area contributed by atoms with Crippen LogP contribution in [0.1, 0.15) is 15.9 Å². The summed E-state index contributed by atoms with van der Waals surface area (Å²) in [6.07, 6.45) is 3.09. The van der Waals surface area contributed by atoms with Crippen LogP contribution in [-0.2, 0) is 11.5 Å². The van der Waals surface area contributed by atoms with E-state index in [0.29, 0.717) is 16.8 Å². The molecule has 0 bridgehead atoms. The number of benzene rings is 2. The fraction of sp³-hybridized carbons (Fsp3) is 0.0952. The van der Waals surface area contributed by atoms with Crippen molar-refractivity contribution >= 4 is 11.9 Å². The molecule has 1 heterocycles. The van der Waals surface area contributed by atoms with Crippen LogP contribution in [-0.4, -0.2) is 22.7 Å². The van der Waals surface area contributed by atoms with E-state index in [-0.39, 0.29) is 18.1 Å². The molecule has 0 aliphatic rings. The van der Waals surface area contributed by atoms with Crippen LogP contribution in [0.25, 0.3) is 17.3 Å². The van der Waals surface area contributed by atoms with E-state index in [2.05, 4.69) is 5.10 Å². The molecule has 3 aromatic rings. The minimum Gasteiger partial charge on any atom is -0.362 e. The Bertz CT molecular complexity index is 977. The van der Waals surface area contributed by atoms with Gasteiger partial charge in [-0.25, -0.2) is 4.68 Å². The minimum atomic E-state index is -0.293. The van der Waals surface area contributed by atoms with Gasteiger partial charge in [-0.15, -0.1) is 0 Å². The fourth-order valence-corrected chi connectivity index (χ4v) is 2.53. The van der Waals surface area contributed by atoms with Crippen molar-refractivity contribution in [3.05, 3.63) is 94.3 Å². The van der Waals surface area contributed by atoms with Gasteiger partial charge < -0.3 is 4.74 Å². The van der Waals surface area contributed by atoms with Gasteiger partial charge in [0.2, 0.25) is 0 Å². The van der Waals surface area contributed by atoms with Gasteiger partial charge in [0.1, 0.15) is 6.73 Å². The van der Waals surface area contributed by atoms with Crippen molar-refractivity contribution in [1.29, 1.82) is 0 Å². The number of hydrogen-bond donors (Lipinski definition) is 0. The Morgan fingerprint density at radius 3 is 2.38 bits per heavy atom. The van der Waals surface area contributed by atoms with Crippen LogP contribution in [0.3, 0.4) is 0 Å². The van der Waals surface area contributed by atoms with Gasteiger partial charge in [0.25, 0.3) is 5.56 Å². The normalized spacial score (nSPS) is 11.0. The zero-order chi connectivity index (χ0) is 18.4. The Morgan fingerprint density at radius 2 is 1.73 bits per heavy atom. The summed E-state index contributed by atoms with van der Waals surface area (Å²) in [4.78, 5) is 24.5. The van der Waals surface area contributed by atoms with Gasteiger partial charge in [-0.05, 0) is 12.2 Å². The van der Waals surface area contributed by atoms with Crippen molar-refractivity contribution in [3.8, 4) is 11.3 Å². The summed E-state index contributed by atoms with van der Waals surface area (Å²) in [6.45, 7) is 0.0611. The first-order chi connectivity index (χ1) is 12.7. The maximum atomic E-state index is 12.3. The third-order valence-electron chi connectivity index (χ3n) is 3.80. The van der Waals surface area contributed by atoms with Crippen molar-refractivity contribution in [2.45, 2.75) is 6.73 Å². The quantitative estimate of drug-likeness (QED) is 0.507. The Morgan fingerprint density at radius 1 is 1.08 bits per heavy atom. The number of aromatic nitrogens is 2. The Labute approximate surface area is 151 Å². The van der Waals surface area contributed by atoms with Crippen LogP contribution in [0.5, 0.6) is 0 Å². The van der Waals surface area contributed by atoms with Gasteiger partial charge >= 0.3 is 0 Å². The maximum Gasteiger partial charge on any atom is 0.269 e. The number of carbonyl (C=O) groups excluding carboxylic acids is 1. The first-order valence-electron chi connectivity index (χ1n) is 8.13. The van der Waals surface area contributed by atoms with Crippen LogP contribution < -0.4 is 5.56 Å². The summed E-state index contributed by atoms with van der Waals surface area (Å²) in [7, 11) is 1.50. The average molecular weight is 346 g/mol. The average Bonchev–Trinajstić information content (AvgIpc) is 2.69. The van der Waals surface area contributed by atoms with Crippen LogP contribution in [0.4, 0.5) is 0 Å². The zero-order valence-corrected chi connectivity index (χ0v) is 14.3. The SMILES string of the molecule is COCn1nc(-c2ccccc2)c(/C=C\C(=O)c2ccccc2)cc1=O. The molecule has 26 heavy (non-hydrogen) atoms. The molecule has 0 aliphatic heterocycles. The highest BCUT2D eigenvalue weighted by atomic mass is 16.5. The molecule has 0 radical (unpaired) electrons. The lowest BCUT2D eigenvalue weighted by Gasteiger charge is -2.09. The highest BCUT2D eigenvalue weighted by molar-refractivity contribution is 6.07. The van der Waals surface area contributed by atoms with Gasteiger partial charge in [-0.1, -0.05) is 60.7 Å². The molecule has 5 nitrogen and oxygen atoms in total. The number of ketones is 1. The van der Waals surface area contributed by atoms with Gasteiger partial charge in [0.05, 0.1) is 5.69 Å². The summed E-state index contributed by atoms with van der Waals surface area (Å²) >= 11 is 0. The summed E-state index contributed by atoms with van der Waals surface area (Å²) in [6, 6.07) is 19.9. The number of ether oxygens (including phenoxy) is 1. The molecule has 5 heteroatoms. The van der Waals surface area contributed by atoms with Gasteiger partial charge in [0.15, 0.2) is 5.78 Å². The molecule has 0 atom stereocenters. The zero-order valence-electron chi connectivity index (χ0n) is 14.3. The predicted molar refractivity (Wildman–Crippen MR) is 101 cm³/mol. The van der Waals surface area contributed by atoms with E-state index in [4.69, 9.17) is 4.74 Å². The lowest BCUT2D eigenvalue weighted by Crippen LogP contribution is -2.24. The van der Waals surface area contributed by atoms with Gasteiger partial charge in [-0.3, -0.25) is 9.59 Å². The summed E-state index contributed by atoms with van der Waals surface area (Å²) in [5.41, 5.74) is 2.34. The highest BCUT2D eigenvalue weighted by Crippen LogP contribution is 2.21. The van der Waals surface area contributed by atoms with E-state index >= 15 is 0 Å². The highest BCUT2D eigenvalue weighted by Gasteiger charge is 2.10. The molecule has 2 aromatic carbocycles. The molecule has 0 N–H and O–H groups in total. The number of carbonyl (C=O) groups is 1. The number of rotatable bonds is 6. The monoisotopic (exact) mass is 346 g/mol. The van der Waals surface area contributed by atoms with E-state index in [1.807, 2.05) is 48.5 Å². The van der Waals surface area contributed by atoms with E-state index in [0.717, 1.165) is 5.56 Å². The third kappa shape index (κ3) is 4.02. The number of nitrogens with zero attached hydrogens (tertiary/aromatic N) is 2. The molecule has 0 unspecified atom stereocenters. The topological polar surface area (TPSA) is 61.2 Å². The minimum absolute atomic E-state index is 0.0611. The lowest BCUT2D eigenvalue weighted by molar-refractivity contribution is 0.104. The molecule has 0 saturated carbocycles. The summed E-state index contributed by atoms with van der Waals surface area (Å²) in [5.74, 6) is -0.134. The molecule has 0 fully saturated rings. The molecular formula is C21H18N2O3. The van der Waals surface area contributed by atoms with E-state index in [1.54, 1.807) is 18.2 Å². The first kappa shape index (κ1) is 17.5. The number of allylic oxidation sites excluding steroid dienone is 1. The summed E-state index contributed by atoms with van der Waals surface area (Å²) < 4.78 is 6.27. The van der Waals surface area contributed by atoms with Crippen LogP contribution >= 0.6 is 0 Å². The van der Waals surface area contributed by atoms with E-state index in [1.165, 1.54) is 23.9 Å².